The second-order valence-corrected chi connectivity index (χ2v) is 32.2. The number of oxazole rings is 1. The first-order valence-corrected chi connectivity index (χ1v) is 27.4. The predicted octanol–water partition coefficient (Wildman–Crippen LogP) is 11.0. The Balaban J connectivity index is 1.66. The van der Waals surface area contributed by atoms with Gasteiger partial charge in [0.05, 0.1) is 0 Å². The van der Waals surface area contributed by atoms with Gasteiger partial charge in [-0.05, 0) is 0 Å². The maximum absolute atomic E-state index is 7.27. The van der Waals surface area contributed by atoms with Gasteiger partial charge in [0.15, 0.2) is 0 Å². The van der Waals surface area contributed by atoms with E-state index in [1.807, 2.05) is 30.3 Å². The van der Waals surface area contributed by atoms with Gasteiger partial charge in [0, 0.05) is 0 Å². The molecule has 1 aromatic heterocycles. The van der Waals surface area contributed by atoms with Crippen molar-refractivity contribution in [2.24, 2.45) is 5.92 Å². The Morgan fingerprint density at radius 3 is 2.05 bits per heavy atom. The van der Waals surface area contributed by atoms with Crippen LogP contribution < -0.4 is 8.51 Å². The first kappa shape index (κ1) is 34.3. The molecule has 43 heavy (non-hydrogen) atoms. The molecule has 2 atom stereocenters. The monoisotopic (exact) mass is 711 g/mol. The van der Waals surface area contributed by atoms with E-state index in [2.05, 4.69) is 79.0 Å². The van der Waals surface area contributed by atoms with Crippen molar-refractivity contribution in [3.05, 3.63) is 71.7 Å². The average molecular weight is 711 g/mol. The van der Waals surface area contributed by atoms with Crippen molar-refractivity contribution >= 4 is 30.5 Å². The fourth-order valence-electron chi connectivity index (χ4n) is 6.33. The van der Waals surface area contributed by atoms with Gasteiger partial charge in [0.1, 0.15) is 0 Å². The molecule has 0 spiro atoms. The van der Waals surface area contributed by atoms with Crippen LogP contribution in [0.3, 0.4) is 0 Å². The summed E-state index contributed by atoms with van der Waals surface area (Å²) in [6, 6.07) is 16.6. The molecule has 1 aliphatic carbocycles. The topological polar surface area (TPSA) is 44.5 Å². The van der Waals surface area contributed by atoms with E-state index in [0.717, 1.165) is 30.2 Å². The third-order valence-electron chi connectivity index (χ3n) is 10.1. The van der Waals surface area contributed by atoms with Crippen molar-refractivity contribution in [3.8, 4) is 11.5 Å². The number of hydrogen-bond donors (Lipinski definition) is 0. The van der Waals surface area contributed by atoms with E-state index in [9.17, 15) is 0 Å². The number of nitrogens with zero attached hydrogens (tertiary/aromatic N) is 1. The molecule has 1 heterocycles. The number of ether oxygens (including phenoxy) is 1. The second kappa shape index (κ2) is 15.1. The van der Waals surface area contributed by atoms with Crippen LogP contribution in [-0.4, -0.2) is 31.7 Å². The van der Waals surface area contributed by atoms with Gasteiger partial charge in [-0.1, -0.05) is 18.2 Å². The third kappa shape index (κ3) is 8.58. The quantitative estimate of drug-likeness (QED) is 0.139. The van der Waals surface area contributed by atoms with Crippen molar-refractivity contribution in [2.45, 2.75) is 130 Å². The summed E-state index contributed by atoms with van der Waals surface area (Å²) < 4.78 is 25.9. The number of benzene rings is 2. The molecule has 6 heteroatoms. The molecule has 0 N–H and O–H groups in total. The summed E-state index contributed by atoms with van der Waals surface area (Å²) in [5.74, 6) is 2.90. The third-order valence-corrected chi connectivity index (χ3v) is 29.4. The van der Waals surface area contributed by atoms with Crippen molar-refractivity contribution < 1.29 is 13.6 Å². The summed E-state index contributed by atoms with van der Waals surface area (Å²) in [4.78, 5) is 5.11. The molecule has 2 aromatic carbocycles. The van der Waals surface area contributed by atoms with Crippen LogP contribution in [-0.2, 0) is 17.3 Å². The first-order valence-electron chi connectivity index (χ1n) is 17.0. The van der Waals surface area contributed by atoms with Crippen LogP contribution in [0.5, 0.6) is 11.5 Å². The van der Waals surface area contributed by atoms with Crippen LogP contribution in [0.25, 0.3) is 0 Å². The number of rotatable bonds is 16. The molecule has 1 aliphatic rings. The van der Waals surface area contributed by atoms with E-state index in [4.69, 9.17) is 18.6 Å². The van der Waals surface area contributed by atoms with Crippen LogP contribution >= 0.6 is 0 Å². The van der Waals surface area contributed by atoms with E-state index in [1.165, 1.54) is 66.7 Å². The molecule has 4 rings (SSSR count). The van der Waals surface area contributed by atoms with Gasteiger partial charge >= 0.3 is 250 Å². The van der Waals surface area contributed by atoms with Crippen molar-refractivity contribution in [3.63, 3.8) is 0 Å². The Labute approximate surface area is 267 Å². The van der Waals surface area contributed by atoms with E-state index < -0.39 is 26.7 Å². The molecule has 0 saturated carbocycles. The zero-order valence-corrected chi connectivity index (χ0v) is 32.2. The first-order chi connectivity index (χ1) is 20.5. The van der Waals surface area contributed by atoms with Crippen LogP contribution in [0.1, 0.15) is 103 Å². The fraction of sp³-hybridized carbons (Fsp3) is 0.595. The Hall–Kier alpha value is -1.57. The molecule has 236 valence electrons. The van der Waals surface area contributed by atoms with Gasteiger partial charge in [0.25, 0.3) is 0 Å². The van der Waals surface area contributed by atoms with E-state index in [1.54, 1.807) is 0 Å². The molecular weight excluding hydrogens is 653 g/mol. The molecule has 0 aliphatic heterocycles. The van der Waals surface area contributed by atoms with Gasteiger partial charge in [0.2, 0.25) is 0 Å². The van der Waals surface area contributed by atoms with Crippen LogP contribution in [0, 0.1) is 5.92 Å². The average Bonchev–Trinajstić information content (AvgIpc) is 3.64. The summed E-state index contributed by atoms with van der Waals surface area (Å²) in [7, 11) is -2.09. The standard InChI is InChI=1S/C25H30NO3Si.3C4H9.Sn/c1-25(2,3)30(4,5)29-23(24-26-13-14-27-24)20-15-18-11-12-22(17-19(18)16-20)28-21-9-7-6-8-10-21;3*1-3-4-2;/h6-13,17,20,23H,15-16H2,1-5H3;3*1,3-4H2,2H3;. The van der Waals surface area contributed by atoms with Crippen molar-refractivity contribution in [1.82, 2.24) is 4.98 Å². The molecular formula is C37H57NO3SiSn. The molecule has 0 saturated heterocycles. The molecule has 2 unspecified atom stereocenters. The summed E-state index contributed by atoms with van der Waals surface area (Å²) >= 11 is -2.74. The zero-order chi connectivity index (χ0) is 31.1. The van der Waals surface area contributed by atoms with Gasteiger partial charge < -0.3 is 0 Å². The van der Waals surface area contributed by atoms with Crippen LogP contribution in [0.15, 0.2) is 59.1 Å². The molecule has 0 radical (unpaired) electrons. The summed E-state index contributed by atoms with van der Waals surface area (Å²) in [6.07, 6.45) is 11.7. The molecule has 0 fully saturated rings. The Morgan fingerprint density at radius 1 is 0.860 bits per heavy atom. The number of unbranched alkanes of at least 4 members (excludes halogenated alkanes) is 3. The van der Waals surface area contributed by atoms with Gasteiger partial charge in [-0.25, -0.2) is 0 Å². The molecule has 3 aromatic rings. The van der Waals surface area contributed by atoms with E-state index >= 15 is 0 Å². The Bertz CT molecular complexity index is 1260. The number of para-hydroxylation sites is 1. The van der Waals surface area contributed by atoms with Crippen molar-refractivity contribution in [2.75, 3.05) is 0 Å². The number of fused-ring (bicyclic) bond motifs is 1. The predicted molar refractivity (Wildman–Crippen MR) is 186 cm³/mol. The van der Waals surface area contributed by atoms with Crippen LogP contribution in [0.2, 0.25) is 31.4 Å². The van der Waals surface area contributed by atoms with Gasteiger partial charge in [-0.3, -0.25) is 0 Å². The van der Waals surface area contributed by atoms with Crippen molar-refractivity contribution in [1.29, 1.82) is 0 Å². The van der Waals surface area contributed by atoms with Crippen LogP contribution in [0.4, 0.5) is 0 Å². The summed E-state index contributed by atoms with van der Waals surface area (Å²) in [5.41, 5.74) is 2.75. The normalized spacial score (nSPS) is 16.3. The van der Waals surface area contributed by atoms with E-state index in [0.29, 0.717) is 5.92 Å². The summed E-state index contributed by atoms with van der Waals surface area (Å²) in [5, 5.41) is 0.106. The minimum atomic E-state index is -2.74. The maximum atomic E-state index is 7.27. The Kier molecular flexibility index (Phi) is 12.1. The second-order valence-electron chi connectivity index (χ2n) is 14.5. The minimum absolute atomic E-state index is 0.106. The SMILES string of the molecule is CCC[CH2][Sn]([CH2]CCC)([CH2]CCC)[c]1cnc(C(O[Si](C)(C)C(C)(C)C)C2Cc3ccc(Oc4ccccc4)cc3C2)o1. The number of aromatic nitrogens is 1. The van der Waals surface area contributed by atoms with Gasteiger partial charge in [-0.15, -0.1) is 0 Å². The summed E-state index contributed by atoms with van der Waals surface area (Å²) in [6.45, 7) is 18.7. The molecule has 4 nitrogen and oxygen atoms in total. The number of hydrogen-bond acceptors (Lipinski definition) is 4. The molecule has 0 amide bonds. The Morgan fingerprint density at radius 2 is 1.47 bits per heavy atom. The fourth-order valence-corrected chi connectivity index (χ4v) is 22.6. The van der Waals surface area contributed by atoms with E-state index in [-0.39, 0.29) is 11.1 Å². The van der Waals surface area contributed by atoms with Gasteiger partial charge in [-0.2, -0.15) is 0 Å². The zero-order valence-electron chi connectivity index (χ0n) is 28.3. The molecule has 0 bridgehead atoms.